The Morgan fingerprint density at radius 2 is 2.31 bits per heavy atom. The van der Waals surface area contributed by atoms with Crippen LogP contribution >= 0.6 is 25.3 Å². The van der Waals surface area contributed by atoms with E-state index in [0.717, 1.165) is 0 Å². The minimum absolute atomic E-state index is 0.0609. The zero-order valence-corrected chi connectivity index (χ0v) is 9.77. The zero-order valence-electron chi connectivity index (χ0n) is 7.98. The van der Waals surface area contributed by atoms with Crippen molar-refractivity contribution in [3.05, 3.63) is 32.6 Å². The molecular formula is C8H9N5OS2. The lowest BCUT2D eigenvalue weighted by Gasteiger charge is -2.18. The lowest BCUT2D eigenvalue weighted by Crippen LogP contribution is -2.22. The number of thiol groups is 2. The Kier molecular flexibility index (Phi) is 2.84. The predicted octanol–water partition coefficient (Wildman–Crippen LogP) is 0.732. The first-order valence-electron chi connectivity index (χ1n) is 4.29. The molecule has 0 saturated heterocycles. The molecule has 0 fully saturated rings. The first-order chi connectivity index (χ1) is 7.61. The molecule has 1 aliphatic rings. The molecule has 8 heteroatoms. The molecule has 1 aromatic heterocycles. The van der Waals surface area contributed by atoms with Gasteiger partial charge in [0.1, 0.15) is 5.69 Å². The summed E-state index contributed by atoms with van der Waals surface area (Å²) in [7, 11) is 0. The van der Waals surface area contributed by atoms with Gasteiger partial charge in [-0.25, -0.2) is 0 Å². The van der Waals surface area contributed by atoms with Crippen LogP contribution in [-0.4, -0.2) is 9.97 Å². The summed E-state index contributed by atoms with van der Waals surface area (Å²) in [6.45, 7) is 0. The van der Waals surface area contributed by atoms with Crippen molar-refractivity contribution in [2.45, 2.75) is 0 Å². The third-order valence-corrected chi connectivity index (χ3v) is 2.78. The van der Waals surface area contributed by atoms with Crippen LogP contribution in [0.1, 0.15) is 0 Å². The van der Waals surface area contributed by atoms with Gasteiger partial charge in [-0.3, -0.25) is 9.78 Å². The van der Waals surface area contributed by atoms with E-state index < -0.39 is 0 Å². The molecule has 1 aromatic rings. The topological polar surface area (TPSA) is 95.8 Å². The van der Waals surface area contributed by atoms with Crippen LogP contribution in [-0.2, 0) is 0 Å². The molecule has 2 rings (SSSR count). The summed E-state index contributed by atoms with van der Waals surface area (Å²) in [5.41, 5.74) is 5.99. The van der Waals surface area contributed by atoms with E-state index in [4.69, 9.17) is 5.73 Å². The van der Waals surface area contributed by atoms with Gasteiger partial charge >= 0.3 is 0 Å². The van der Waals surface area contributed by atoms with E-state index in [2.05, 4.69) is 45.9 Å². The fraction of sp³-hybridized carbons (Fsp3) is 0. The SMILES string of the molecule is Nc1nc2c(c(=O)[nH]1)NC(/C(S)=C/S)=CN2. The van der Waals surface area contributed by atoms with Crippen LogP contribution in [0.3, 0.4) is 0 Å². The number of H-pyrrole nitrogens is 1. The number of anilines is 3. The van der Waals surface area contributed by atoms with Gasteiger partial charge in [0.05, 0.1) is 5.70 Å². The van der Waals surface area contributed by atoms with Gasteiger partial charge in [0.15, 0.2) is 5.82 Å². The van der Waals surface area contributed by atoms with E-state index >= 15 is 0 Å². The molecule has 0 atom stereocenters. The lowest BCUT2D eigenvalue weighted by molar-refractivity contribution is 1.12. The van der Waals surface area contributed by atoms with Crippen molar-refractivity contribution in [3.63, 3.8) is 0 Å². The van der Waals surface area contributed by atoms with Gasteiger partial charge in [0.25, 0.3) is 5.56 Å². The number of hydrogen-bond acceptors (Lipinski definition) is 7. The maximum atomic E-state index is 11.6. The number of aromatic nitrogens is 2. The van der Waals surface area contributed by atoms with Crippen molar-refractivity contribution >= 4 is 42.7 Å². The molecule has 0 amide bonds. The maximum absolute atomic E-state index is 11.6. The Morgan fingerprint density at radius 3 is 3.00 bits per heavy atom. The molecule has 1 aliphatic heterocycles. The van der Waals surface area contributed by atoms with Crippen molar-refractivity contribution in [2.24, 2.45) is 0 Å². The van der Waals surface area contributed by atoms with Crippen LogP contribution in [0.25, 0.3) is 0 Å². The molecule has 0 aliphatic carbocycles. The first-order valence-corrected chi connectivity index (χ1v) is 5.25. The van der Waals surface area contributed by atoms with Gasteiger partial charge < -0.3 is 16.4 Å². The monoisotopic (exact) mass is 255 g/mol. The standard InChI is InChI=1S/C8H9N5OS2/c9-8-12-6-5(7(14)13-8)11-3(1-10-6)4(16)2-15/h1-2,11,15-16H,(H4,9,10,12,13,14)/b4-2-. The van der Waals surface area contributed by atoms with Crippen molar-refractivity contribution in [3.8, 4) is 0 Å². The van der Waals surface area contributed by atoms with E-state index in [9.17, 15) is 4.79 Å². The molecule has 0 bridgehead atoms. The second-order valence-electron chi connectivity index (χ2n) is 3.02. The van der Waals surface area contributed by atoms with E-state index in [0.29, 0.717) is 22.1 Å². The molecular weight excluding hydrogens is 246 g/mol. The van der Waals surface area contributed by atoms with E-state index in [-0.39, 0.29) is 11.5 Å². The van der Waals surface area contributed by atoms with Crippen molar-refractivity contribution in [2.75, 3.05) is 16.4 Å². The highest BCUT2D eigenvalue weighted by Gasteiger charge is 2.16. The smallest absolute Gasteiger partial charge is 0.278 e. The third-order valence-electron chi connectivity index (χ3n) is 1.95. The summed E-state index contributed by atoms with van der Waals surface area (Å²) in [6.07, 6.45) is 1.63. The number of nitrogens with two attached hydrogens (primary N) is 1. The number of nitrogens with zero attached hydrogens (tertiary/aromatic N) is 1. The Hall–Kier alpha value is -1.54. The second-order valence-corrected chi connectivity index (χ2v) is 3.76. The largest absolute Gasteiger partial charge is 0.369 e. The van der Waals surface area contributed by atoms with Crippen LogP contribution in [0.15, 0.2) is 27.0 Å². The fourth-order valence-electron chi connectivity index (χ4n) is 1.23. The van der Waals surface area contributed by atoms with E-state index in [1.165, 1.54) is 5.41 Å². The third kappa shape index (κ3) is 1.89. The van der Waals surface area contributed by atoms with Gasteiger partial charge in [-0.2, -0.15) is 17.6 Å². The van der Waals surface area contributed by atoms with Crippen LogP contribution in [0, 0.1) is 0 Å². The molecule has 6 nitrogen and oxygen atoms in total. The molecule has 2 heterocycles. The van der Waals surface area contributed by atoms with Gasteiger partial charge in [-0.15, -0.1) is 12.6 Å². The Morgan fingerprint density at radius 1 is 1.56 bits per heavy atom. The second kappa shape index (κ2) is 4.14. The van der Waals surface area contributed by atoms with Gasteiger partial charge in [0, 0.05) is 11.1 Å². The molecule has 0 spiro atoms. The van der Waals surface area contributed by atoms with Gasteiger partial charge in [-0.05, 0) is 5.41 Å². The quantitative estimate of drug-likeness (QED) is 0.416. The van der Waals surface area contributed by atoms with Crippen molar-refractivity contribution in [1.29, 1.82) is 0 Å². The average Bonchev–Trinajstić information content (AvgIpc) is 2.27. The van der Waals surface area contributed by atoms with E-state index in [1.807, 2.05) is 0 Å². The number of aromatic amines is 1. The zero-order chi connectivity index (χ0) is 11.7. The summed E-state index contributed by atoms with van der Waals surface area (Å²) >= 11 is 8.15. The lowest BCUT2D eigenvalue weighted by atomic mass is 10.3. The summed E-state index contributed by atoms with van der Waals surface area (Å²) in [4.78, 5) is 18.5. The Bertz CT molecular complexity index is 548. The van der Waals surface area contributed by atoms with E-state index in [1.54, 1.807) is 6.20 Å². The molecule has 16 heavy (non-hydrogen) atoms. The van der Waals surface area contributed by atoms with Crippen LogP contribution < -0.4 is 21.9 Å². The maximum Gasteiger partial charge on any atom is 0.278 e. The Balaban J connectivity index is 2.44. The number of rotatable bonds is 1. The highest BCUT2D eigenvalue weighted by molar-refractivity contribution is 7.88. The summed E-state index contributed by atoms with van der Waals surface area (Å²) in [6, 6.07) is 0. The van der Waals surface area contributed by atoms with Crippen LogP contribution in [0.2, 0.25) is 0 Å². The highest BCUT2D eigenvalue weighted by Crippen LogP contribution is 2.25. The summed E-state index contributed by atoms with van der Waals surface area (Å²) in [5.74, 6) is 0.441. The van der Waals surface area contributed by atoms with Gasteiger partial charge in [-0.1, -0.05) is 0 Å². The summed E-state index contributed by atoms with van der Waals surface area (Å²) in [5, 5.41) is 7.24. The Labute approximate surface area is 102 Å². The minimum Gasteiger partial charge on any atom is -0.369 e. The number of nitrogens with one attached hydrogen (secondary N) is 3. The van der Waals surface area contributed by atoms with Crippen molar-refractivity contribution < 1.29 is 0 Å². The number of nitrogen functional groups attached to an aromatic ring is 1. The average molecular weight is 255 g/mol. The molecule has 0 unspecified atom stereocenters. The van der Waals surface area contributed by atoms with Crippen LogP contribution in [0.5, 0.6) is 0 Å². The fourth-order valence-corrected chi connectivity index (χ4v) is 1.49. The first kappa shape index (κ1) is 11.0. The van der Waals surface area contributed by atoms with Crippen LogP contribution in [0.4, 0.5) is 17.5 Å². The normalized spacial score (nSPS) is 14.6. The highest BCUT2D eigenvalue weighted by atomic mass is 32.1. The number of fused-ring (bicyclic) bond motifs is 1. The molecule has 0 aromatic carbocycles. The summed E-state index contributed by atoms with van der Waals surface area (Å²) < 4.78 is 0. The number of hydrogen-bond donors (Lipinski definition) is 6. The molecule has 5 N–H and O–H groups in total. The molecule has 0 saturated carbocycles. The molecule has 0 radical (unpaired) electrons. The van der Waals surface area contributed by atoms with Gasteiger partial charge in [0.2, 0.25) is 5.95 Å². The molecule has 84 valence electrons. The predicted molar refractivity (Wildman–Crippen MR) is 70.7 cm³/mol. The van der Waals surface area contributed by atoms with Crippen molar-refractivity contribution in [1.82, 2.24) is 9.97 Å². The minimum atomic E-state index is -0.346.